The molecule has 16 heavy (non-hydrogen) atoms. The van der Waals surface area contributed by atoms with Crippen LogP contribution in [0, 0.1) is 6.92 Å². The Labute approximate surface area is 88.9 Å². The molecule has 1 aromatic carbocycles. The summed E-state index contributed by atoms with van der Waals surface area (Å²) in [6.07, 6.45) is -4.58. The molecule has 0 saturated carbocycles. The molecule has 0 amide bonds. The highest BCUT2D eigenvalue weighted by Gasteiger charge is 2.37. The smallest absolute Gasteiger partial charge is 0.334 e. The third-order valence-electron chi connectivity index (χ3n) is 1.98. The van der Waals surface area contributed by atoms with E-state index in [9.17, 15) is 13.2 Å². The molecule has 0 aliphatic carbocycles. The number of halogens is 3. The fourth-order valence-electron chi connectivity index (χ4n) is 1.15. The van der Waals surface area contributed by atoms with Crippen LogP contribution in [-0.4, -0.2) is 10.1 Å². The van der Waals surface area contributed by atoms with E-state index in [1.54, 1.807) is 24.3 Å². The summed E-state index contributed by atoms with van der Waals surface area (Å²) in [5, 5.41) is 2.88. The van der Waals surface area contributed by atoms with E-state index >= 15 is 0 Å². The lowest BCUT2D eigenvalue weighted by atomic mass is 10.1. The summed E-state index contributed by atoms with van der Waals surface area (Å²) in [6, 6.07) is 6.77. The van der Waals surface area contributed by atoms with Gasteiger partial charge in [-0.25, -0.2) is 0 Å². The highest BCUT2D eigenvalue weighted by atomic mass is 19.4. The molecule has 0 aliphatic heterocycles. The molecule has 3 nitrogen and oxygen atoms in total. The molecule has 0 atom stereocenters. The van der Waals surface area contributed by atoms with Gasteiger partial charge in [0.2, 0.25) is 0 Å². The van der Waals surface area contributed by atoms with Crippen LogP contribution in [0.25, 0.3) is 11.5 Å². The lowest BCUT2D eigenvalue weighted by Gasteiger charge is -1.96. The topological polar surface area (TPSA) is 38.9 Å². The van der Waals surface area contributed by atoms with Crippen molar-refractivity contribution in [1.82, 2.24) is 10.1 Å². The van der Waals surface area contributed by atoms with Gasteiger partial charge >= 0.3 is 6.18 Å². The van der Waals surface area contributed by atoms with E-state index in [0.717, 1.165) is 5.56 Å². The van der Waals surface area contributed by atoms with Crippen molar-refractivity contribution in [3.05, 3.63) is 35.7 Å². The number of hydrogen-bond acceptors (Lipinski definition) is 3. The first kappa shape index (κ1) is 10.7. The second kappa shape index (κ2) is 3.62. The van der Waals surface area contributed by atoms with Crippen LogP contribution >= 0.6 is 0 Å². The van der Waals surface area contributed by atoms with Gasteiger partial charge in [0.05, 0.1) is 0 Å². The maximum atomic E-state index is 12.2. The normalized spacial score (nSPS) is 11.8. The minimum absolute atomic E-state index is 0.132. The molecule has 0 saturated heterocycles. The Morgan fingerprint density at radius 2 is 1.75 bits per heavy atom. The molecule has 1 heterocycles. The van der Waals surface area contributed by atoms with Gasteiger partial charge in [-0.2, -0.15) is 18.2 Å². The van der Waals surface area contributed by atoms with Crippen molar-refractivity contribution in [3.63, 3.8) is 0 Å². The van der Waals surface area contributed by atoms with Crippen molar-refractivity contribution in [2.24, 2.45) is 0 Å². The van der Waals surface area contributed by atoms with E-state index in [1.807, 2.05) is 6.92 Å². The minimum atomic E-state index is -4.58. The van der Waals surface area contributed by atoms with Gasteiger partial charge in [0.25, 0.3) is 11.7 Å². The van der Waals surface area contributed by atoms with E-state index in [2.05, 4.69) is 14.7 Å². The summed E-state index contributed by atoms with van der Waals surface area (Å²) in [6.45, 7) is 1.87. The maximum Gasteiger partial charge on any atom is 0.455 e. The summed E-state index contributed by atoms with van der Waals surface area (Å²) >= 11 is 0. The van der Waals surface area contributed by atoms with Gasteiger partial charge in [-0.1, -0.05) is 22.9 Å². The summed E-state index contributed by atoms with van der Waals surface area (Å²) in [7, 11) is 0. The quantitative estimate of drug-likeness (QED) is 0.752. The zero-order valence-electron chi connectivity index (χ0n) is 8.25. The summed E-state index contributed by atoms with van der Waals surface area (Å²) in [5.74, 6) is -1.39. The molecule has 0 unspecified atom stereocenters. The standard InChI is InChI=1S/C10H7F3N2O/c1-6-2-4-7(5-3-6)8-14-9(15-16-8)10(11,12)13/h2-5H,1H3. The molecule has 84 valence electrons. The lowest BCUT2D eigenvalue weighted by Crippen LogP contribution is -2.07. The molecule has 6 heteroatoms. The van der Waals surface area contributed by atoms with E-state index in [0.29, 0.717) is 5.56 Å². The molecular weight excluding hydrogens is 221 g/mol. The Morgan fingerprint density at radius 3 is 2.25 bits per heavy atom. The summed E-state index contributed by atoms with van der Waals surface area (Å²) in [4.78, 5) is 3.28. The predicted octanol–water partition coefficient (Wildman–Crippen LogP) is 3.06. The number of nitrogens with zero attached hydrogens (tertiary/aromatic N) is 2. The average Bonchev–Trinajstić information content (AvgIpc) is 2.67. The molecule has 0 aliphatic rings. The van der Waals surface area contributed by atoms with E-state index in [1.165, 1.54) is 0 Å². The summed E-state index contributed by atoms with van der Waals surface area (Å²) < 4.78 is 41.1. The van der Waals surface area contributed by atoms with Gasteiger partial charge in [0.15, 0.2) is 0 Å². The monoisotopic (exact) mass is 228 g/mol. The van der Waals surface area contributed by atoms with E-state index in [-0.39, 0.29) is 5.89 Å². The average molecular weight is 228 g/mol. The van der Waals surface area contributed by atoms with Gasteiger partial charge in [-0.05, 0) is 19.1 Å². The predicted molar refractivity (Wildman–Crippen MR) is 49.5 cm³/mol. The third kappa shape index (κ3) is 2.05. The number of hydrogen-bond donors (Lipinski definition) is 0. The van der Waals surface area contributed by atoms with Crippen LogP contribution in [0.3, 0.4) is 0 Å². The molecule has 0 radical (unpaired) electrons. The van der Waals surface area contributed by atoms with Gasteiger partial charge in [-0.15, -0.1) is 0 Å². The van der Waals surface area contributed by atoms with Crippen LogP contribution in [0.2, 0.25) is 0 Å². The highest BCUT2D eigenvalue weighted by Crippen LogP contribution is 2.28. The first-order valence-electron chi connectivity index (χ1n) is 4.45. The van der Waals surface area contributed by atoms with Crippen LogP contribution in [0.5, 0.6) is 0 Å². The Balaban J connectivity index is 2.35. The first-order valence-corrected chi connectivity index (χ1v) is 4.45. The Morgan fingerprint density at radius 1 is 1.12 bits per heavy atom. The largest absolute Gasteiger partial charge is 0.455 e. The third-order valence-corrected chi connectivity index (χ3v) is 1.98. The minimum Gasteiger partial charge on any atom is -0.334 e. The second-order valence-electron chi connectivity index (χ2n) is 3.29. The number of alkyl halides is 3. The number of benzene rings is 1. The first-order chi connectivity index (χ1) is 7.47. The van der Waals surface area contributed by atoms with Crippen LogP contribution in [-0.2, 0) is 6.18 Å². The SMILES string of the molecule is Cc1ccc(-c2nc(C(F)(F)F)no2)cc1. The van der Waals surface area contributed by atoms with Crippen LogP contribution in [0.4, 0.5) is 13.2 Å². The number of aryl methyl sites for hydroxylation is 1. The van der Waals surface area contributed by atoms with Crippen LogP contribution in [0.15, 0.2) is 28.8 Å². The molecule has 0 N–H and O–H groups in total. The lowest BCUT2D eigenvalue weighted by molar-refractivity contribution is -0.146. The maximum absolute atomic E-state index is 12.2. The second-order valence-corrected chi connectivity index (χ2v) is 3.29. The highest BCUT2D eigenvalue weighted by molar-refractivity contribution is 5.53. The molecule has 0 bridgehead atoms. The van der Waals surface area contributed by atoms with Crippen molar-refractivity contribution >= 4 is 0 Å². The molecular formula is C10H7F3N2O. The van der Waals surface area contributed by atoms with Crippen LogP contribution < -0.4 is 0 Å². The molecule has 0 spiro atoms. The zero-order valence-corrected chi connectivity index (χ0v) is 8.25. The van der Waals surface area contributed by atoms with Crippen molar-refractivity contribution in [2.75, 3.05) is 0 Å². The van der Waals surface area contributed by atoms with Gasteiger partial charge in [0.1, 0.15) is 0 Å². The molecule has 1 aromatic heterocycles. The Kier molecular flexibility index (Phi) is 2.41. The van der Waals surface area contributed by atoms with Crippen molar-refractivity contribution in [3.8, 4) is 11.5 Å². The Hall–Kier alpha value is -1.85. The van der Waals surface area contributed by atoms with Crippen LogP contribution in [0.1, 0.15) is 11.4 Å². The van der Waals surface area contributed by atoms with Crippen molar-refractivity contribution < 1.29 is 17.7 Å². The van der Waals surface area contributed by atoms with E-state index < -0.39 is 12.0 Å². The number of rotatable bonds is 1. The molecule has 0 fully saturated rings. The number of aromatic nitrogens is 2. The fourth-order valence-corrected chi connectivity index (χ4v) is 1.15. The fraction of sp³-hybridized carbons (Fsp3) is 0.200. The van der Waals surface area contributed by atoms with E-state index in [4.69, 9.17) is 0 Å². The molecule has 2 aromatic rings. The molecule has 2 rings (SSSR count). The van der Waals surface area contributed by atoms with Gasteiger partial charge < -0.3 is 4.52 Å². The van der Waals surface area contributed by atoms with Gasteiger partial charge in [-0.3, -0.25) is 0 Å². The zero-order chi connectivity index (χ0) is 11.8. The van der Waals surface area contributed by atoms with Gasteiger partial charge in [0, 0.05) is 5.56 Å². The summed E-state index contributed by atoms with van der Waals surface area (Å²) in [5.41, 5.74) is 1.47. The Bertz CT molecular complexity index is 488. The van der Waals surface area contributed by atoms with Crippen molar-refractivity contribution in [2.45, 2.75) is 13.1 Å². The van der Waals surface area contributed by atoms with Crippen molar-refractivity contribution in [1.29, 1.82) is 0 Å².